The van der Waals surface area contributed by atoms with Crippen LogP contribution in [0.1, 0.15) is 0 Å². The lowest BCUT2D eigenvalue weighted by Crippen LogP contribution is -2.11. The summed E-state index contributed by atoms with van der Waals surface area (Å²) < 4.78 is 0. The third kappa shape index (κ3) is 6.17. The van der Waals surface area contributed by atoms with Crippen LogP contribution in [0, 0.1) is 0 Å². The Balaban J connectivity index is 1.15. The average Bonchev–Trinajstić information content (AvgIpc) is 3.37. The summed E-state index contributed by atoms with van der Waals surface area (Å²) in [6, 6.07) is 91.1. The Kier molecular flexibility index (Phi) is 8.90. The van der Waals surface area contributed by atoms with Crippen LogP contribution in [0.15, 0.2) is 249 Å². The molecule has 0 aliphatic carbocycles. The van der Waals surface area contributed by atoms with E-state index in [4.69, 9.17) is 0 Å². The molecule has 0 aliphatic heterocycles. The lowest BCUT2D eigenvalue weighted by molar-refractivity contribution is 1.31. The van der Waals surface area contributed by atoms with Gasteiger partial charge in [0.05, 0.1) is 11.4 Å². The fourth-order valence-corrected chi connectivity index (χ4v) is 10.0. The van der Waals surface area contributed by atoms with E-state index in [1.54, 1.807) is 0 Å². The third-order valence-electron chi connectivity index (χ3n) is 12.8. The molecule has 12 aromatic rings. The molecule has 1 nitrogen and oxygen atoms in total. The number of hydrogen-bond donors (Lipinski definition) is 0. The first-order valence-corrected chi connectivity index (χ1v) is 21.8. The molecule has 0 amide bonds. The third-order valence-corrected chi connectivity index (χ3v) is 12.8. The van der Waals surface area contributed by atoms with Crippen LogP contribution in [0.3, 0.4) is 0 Å². The quantitative estimate of drug-likeness (QED) is 0.145. The topological polar surface area (TPSA) is 3.24 Å². The molecule has 63 heavy (non-hydrogen) atoms. The highest BCUT2D eigenvalue weighted by Crippen LogP contribution is 2.50. The van der Waals surface area contributed by atoms with Crippen LogP contribution >= 0.6 is 0 Å². The van der Waals surface area contributed by atoms with Gasteiger partial charge in [0.1, 0.15) is 0 Å². The molecular formula is C62H41N. The van der Waals surface area contributed by atoms with Crippen LogP contribution < -0.4 is 4.90 Å². The van der Waals surface area contributed by atoms with Crippen molar-refractivity contribution < 1.29 is 0 Å². The highest BCUT2D eigenvalue weighted by atomic mass is 15.1. The van der Waals surface area contributed by atoms with Crippen molar-refractivity contribution in [2.45, 2.75) is 0 Å². The fourth-order valence-electron chi connectivity index (χ4n) is 10.0. The Morgan fingerprint density at radius 2 is 0.762 bits per heavy atom. The molecule has 0 heterocycles. The van der Waals surface area contributed by atoms with Crippen molar-refractivity contribution in [1.82, 2.24) is 0 Å². The summed E-state index contributed by atoms with van der Waals surface area (Å²) in [5, 5.41) is 12.4. The number of fused-ring (bicyclic) bond motifs is 8. The van der Waals surface area contributed by atoms with Crippen LogP contribution in [0.25, 0.3) is 98.4 Å². The highest BCUT2D eigenvalue weighted by molar-refractivity contribution is 6.33. The van der Waals surface area contributed by atoms with Gasteiger partial charge in [0, 0.05) is 16.5 Å². The summed E-state index contributed by atoms with van der Waals surface area (Å²) in [4.78, 5) is 2.42. The predicted octanol–water partition coefficient (Wildman–Crippen LogP) is 17.6. The molecule has 0 N–H and O–H groups in total. The van der Waals surface area contributed by atoms with E-state index in [2.05, 4.69) is 254 Å². The first-order chi connectivity index (χ1) is 31.3. The van der Waals surface area contributed by atoms with Gasteiger partial charge >= 0.3 is 0 Å². The van der Waals surface area contributed by atoms with Gasteiger partial charge in [-0.3, -0.25) is 0 Å². The zero-order valence-electron chi connectivity index (χ0n) is 34.6. The van der Waals surface area contributed by atoms with Crippen molar-refractivity contribution in [2.75, 3.05) is 4.90 Å². The maximum absolute atomic E-state index is 2.45. The maximum atomic E-state index is 2.45. The van der Waals surface area contributed by atoms with E-state index >= 15 is 0 Å². The summed E-state index contributed by atoms with van der Waals surface area (Å²) in [5.74, 6) is 0. The van der Waals surface area contributed by atoms with Gasteiger partial charge < -0.3 is 4.90 Å². The van der Waals surface area contributed by atoms with Crippen LogP contribution in [0.5, 0.6) is 0 Å². The van der Waals surface area contributed by atoms with E-state index < -0.39 is 0 Å². The van der Waals surface area contributed by atoms with Crippen molar-refractivity contribution >= 4 is 70.9 Å². The van der Waals surface area contributed by atoms with Gasteiger partial charge in [0.15, 0.2) is 0 Å². The molecule has 0 saturated heterocycles. The molecule has 0 aromatic heterocycles. The molecule has 0 atom stereocenters. The van der Waals surface area contributed by atoms with Gasteiger partial charge in [-0.15, -0.1) is 0 Å². The maximum Gasteiger partial charge on any atom is 0.0540 e. The summed E-state index contributed by atoms with van der Waals surface area (Å²) >= 11 is 0. The van der Waals surface area contributed by atoms with E-state index in [9.17, 15) is 0 Å². The van der Waals surface area contributed by atoms with E-state index in [-0.39, 0.29) is 0 Å². The van der Waals surface area contributed by atoms with Crippen LogP contribution in [-0.2, 0) is 0 Å². The molecule has 294 valence electrons. The minimum absolute atomic E-state index is 1.12. The van der Waals surface area contributed by atoms with Gasteiger partial charge in [-0.1, -0.05) is 212 Å². The lowest BCUT2D eigenvalue weighted by Gasteiger charge is -2.28. The van der Waals surface area contributed by atoms with Crippen molar-refractivity contribution in [1.29, 1.82) is 0 Å². The number of nitrogens with zero attached hydrogens (tertiary/aromatic N) is 1. The predicted molar refractivity (Wildman–Crippen MR) is 270 cm³/mol. The van der Waals surface area contributed by atoms with Crippen LogP contribution in [0.4, 0.5) is 17.1 Å². The molecule has 1 heteroatoms. The largest absolute Gasteiger partial charge is 0.309 e. The lowest BCUT2D eigenvalue weighted by atomic mass is 9.81. The molecule has 12 rings (SSSR count). The smallest absolute Gasteiger partial charge is 0.0540 e. The SMILES string of the molecule is c1ccc(-c2cc(-c3ccccc3)c3c4ccccc4c4cc(-c5ccc(N(c6ccccc6)c6cccc7ccccc67)c6ccccc56)ccc4c3c2-c2ccccc2)cc1. The summed E-state index contributed by atoms with van der Waals surface area (Å²) in [5.41, 5.74) is 13.1. The second kappa shape index (κ2) is 15.3. The van der Waals surface area contributed by atoms with Crippen LogP contribution in [-0.4, -0.2) is 0 Å². The monoisotopic (exact) mass is 799 g/mol. The molecule has 0 fully saturated rings. The summed E-state index contributed by atoms with van der Waals surface area (Å²) in [7, 11) is 0. The molecule has 0 saturated carbocycles. The van der Waals surface area contributed by atoms with Gasteiger partial charge in [-0.25, -0.2) is 0 Å². The minimum Gasteiger partial charge on any atom is -0.309 e. The molecule has 0 radical (unpaired) electrons. The van der Waals surface area contributed by atoms with Crippen molar-refractivity contribution in [3.63, 3.8) is 0 Å². The van der Waals surface area contributed by atoms with Gasteiger partial charge in [0.25, 0.3) is 0 Å². The van der Waals surface area contributed by atoms with Gasteiger partial charge in [-0.2, -0.15) is 0 Å². The second-order valence-electron chi connectivity index (χ2n) is 16.3. The Bertz CT molecular complexity index is 3650. The van der Waals surface area contributed by atoms with Crippen molar-refractivity contribution in [2.24, 2.45) is 0 Å². The number of anilines is 3. The first-order valence-electron chi connectivity index (χ1n) is 21.8. The molecule has 0 spiro atoms. The van der Waals surface area contributed by atoms with E-state index in [1.165, 1.54) is 98.4 Å². The minimum atomic E-state index is 1.12. The van der Waals surface area contributed by atoms with Crippen molar-refractivity contribution in [3.8, 4) is 44.5 Å². The normalized spacial score (nSPS) is 11.5. The van der Waals surface area contributed by atoms with Gasteiger partial charge in [-0.05, 0) is 124 Å². The Morgan fingerprint density at radius 3 is 1.48 bits per heavy atom. The highest BCUT2D eigenvalue weighted by Gasteiger charge is 2.23. The zero-order valence-corrected chi connectivity index (χ0v) is 34.6. The number of para-hydroxylation sites is 1. The number of hydrogen-bond acceptors (Lipinski definition) is 1. The molecule has 0 aliphatic rings. The molecular weight excluding hydrogens is 759 g/mol. The Morgan fingerprint density at radius 1 is 0.238 bits per heavy atom. The van der Waals surface area contributed by atoms with Crippen LogP contribution in [0.2, 0.25) is 0 Å². The number of rotatable bonds is 7. The molecule has 0 unspecified atom stereocenters. The average molecular weight is 800 g/mol. The Labute approximate surface area is 367 Å². The summed E-state index contributed by atoms with van der Waals surface area (Å²) in [6.45, 7) is 0. The molecule has 0 bridgehead atoms. The first kappa shape index (κ1) is 36.6. The standard InChI is InChI=1S/C62H41N/c1-5-20-43(21-6-1)55-41-56(44-22-7-2-8-23-44)61-53-34-18-16-32-51(53)57-40-46(36-37-54(57)62(61)60(55)45-25-9-3-10-26-45)48-38-39-59(52-33-17-15-31-50(48)52)63(47-28-11-4-12-29-47)58-35-19-27-42-24-13-14-30-49(42)58/h1-41H. The van der Waals surface area contributed by atoms with E-state index in [1.807, 2.05) is 0 Å². The zero-order chi connectivity index (χ0) is 41.7. The van der Waals surface area contributed by atoms with E-state index in [0.717, 1.165) is 17.1 Å². The van der Waals surface area contributed by atoms with Crippen molar-refractivity contribution in [3.05, 3.63) is 249 Å². The molecule has 12 aromatic carbocycles. The number of benzene rings is 12. The van der Waals surface area contributed by atoms with E-state index in [0.29, 0.717) is 0 Å². The van der Waals surface area contributed by atoms with Gasteiger partial charge in [0.2, 0.25) is 0 Å². The second-order valence-corrected chi connectivity index (χ2v) is 16.3. The summed E-state index contributed by atoms with van der Waals surface area (Å²) in [6.07, 6.45) is 0. The Hall–Kier alpha value is -8.26. The fraction of sp³-hybridized carbons (Fsp3) is 0.